The molecule has 2 unspecified atom stereocenters. The van der Waals surface area contributed by atoms with Gasteiger partial charge in [-0.05, 0) is 31.0 Å². The van der Waals surface area contributed by atoms with Crippen LogP contribution in [0.25, 0.3) is 11.3 Å². The highest BCUT2D eigenvalue weighted by Gasteiger charge is 2.69. The monoisotopic (exact) mass is 248 g/mol. The van der Waals surface area contributed by atoms with Crippen molar-refractivity contribution in [1.82, 2.24) is 0 Å². The molecule has 0 radical (unpaired) electrons. The van der Waals surface area contributed by atoms with Crippen LogP contribution in [0.2, 0.25) is 0 Å². The number of pyridine rings is 1. The highest BCUT2D eigenvalue weighted by Crippen LogP contribution is 2.65. The van der Waals surface area contributed by atoms with Crippen LogP contribution >= 0.6 is 0 Å². The summed E-state index contributed by atoms with van der Waals surface area (Å²) in [5.74, 6) is 0. The average Bonchev–Trinajstić information content (AvgIpc) is 3.06. The minimum Gasteiger partial charge on any atom is -0.190 e. The van der Waals surface area contributed by atoms with Crippen molar-refractivity contribution < 1.29 is 4.57 Å². The first-order valence-electron chi connectivity index (χ1n) is 7.01. The smallest absolute Gasteiger partial charge is 0.190 e. The predicted molar refractivity (Wildman–Crippen MR) is 77.0 cm³/mol. The van der Waals surface area contributed by atoms with E-state index in [1.165, 1.54) is 28.0 Å². The first kappa shape index (κ1) is 11.0. The molecule has 94 valence electrons. The summed E-state index contributed by atoms with van der Waals surface area (Å²) in [5, 5.41) is 0. The summed E-state index contributed by atoms with van der Waals surface area (Å²) in [4.78, 5) is 0. The Labute approximate surface area is 114 Å². The SMILES string of the molecule is C=C1C2[n+]3cccc(C)c3-c3ccccc3C12CC. The Bertz CT molecular complexity index is 713. The van der Waals surface area contributed by atoms with Crippen LogP contribution in [-0.4, -0.2) is 0 Å². The number of hydrogen-bond acceptors (Lipinski definition) is 0. The molecule has 1 aliphatic carbocycles. The summed E-state index contributed by atoms with van der Waals surface area (Å²) in [7, 11) is 0. The zero-order valence-corrected chi connectivity index (χ0v) is 11.5. The molecule has 1 aromatic heterocycles. The summed E-state index contributed by atoms with van der Waals surface area (Å²) >= 11 is 0. The van der Waals surface area contributed by atoms with Crippen molar-refractivity contribution in [2.24, 2.45) is 0 Å². The largest absolute Gasteiger partial charge is 0.216 e. The van der Waals surface area contributed by atoms with Crippen LogP contribution in [-0.2, 0) is 5.41 Å². The second-order valence-corrected chi connectivity index (χ2v) is 5.75. The minimum atomic E-state index is 0.183. The Morgan fingerprint density at radius 1 is 1.21 bits per heavy atom. The molecule has 19 heavy (non-hydrogen) atoms. The third kappa shape index (κ3) is 1.10. The van der Waals surface area contributed by atoms with Crippen molar-refractivity contribution in [3.05, 3.63) is 65.9 Å². The van der Waals surface area contributed by atoms with Gasteiger partial charge in [0, 0.05) is 17.2 Å². The molecule has 1 nitrogen and oxygen atoms in total. The van der Waals surface area contributed by atoms with Crippen molar-refractivity contribution in [2.45, 2.75) is 31.7 Å². The quantitative estimate of drug-likeness (QED) is 0.535. The van der Waals surface area contributed by atoms with E-state index in [9.17, 15) is 0 Å². The first-order chi connectivity index (χ1) is 9.21. The van der Waals surface area contributed by atoms with Gasteiger partial charge in [0.15, 0.2) is 12.2 Å². The molecule has 2 atom stereocenters. The minimum absolute atomic E-state index is 0.183. The maximum atomic E-state index is 4.36. The van der Waals surface area contributed by atoms with Gasteiger partial charge in [-0.3, -0.25) is 0 Å². The predicted octanol–water partition coefficient (Wildman–Crippen LogP) is 3.72. The van der Waals surface area contributed by atoms with Crippen LogP contribution in [0.1, 0.15) is 30.5 Å². The number of aromatic nitrogens is 1. The molecule has 0 saturated heterocycles. The normalized spacial score (nSPS) is 26.4. The Balaban J connectivity index is 2.13. The Kier molecular flexibility index (Phi) is 1.94. The molecule has 2 aromatic rings. The van der Waals surface area contributed by atoms with Gasteiger partial charge in [0.05, 0.1) is 11.0 Å². The van der Waals surface area contributed by atoms with Crippen LogP contribution in [0.15, 0.2) is 54.7 Å². The molecule has 2 heterocycles. The second kappa shape index (κ2) is 3.36. The Hall–Kier alpha value is -1.89. The van der Waals surface area contributed by atoms with Gasteiger partial charge in [-0.2, -0.15) is 4.57 Å². The van der Waals surface area contributed by atoms with Crippen molar-refractivity contribution in [2.75, 3.05) is 0 Å². The number of benzene rings is 1. The summed E-state index contributed by atoms with van der Waals surface area (Å²) in [6, 6.07) is 13.7. The van der Waals surface area contributed by atoms with Gasteiger partial charge in [-0.15, -0.1) is 0 Å². The van der Waals surface area contributed by atoms with Gasteiger partial charge in [0.25, 0.3) is 0 Å². The molecule has 1 saturated carbocycles. The molecule has 4 rings (SSSR count). The molecule has 1 aromatic carbocycles. The summed E-state index contributed by atoms with van der Waals surface area (Å²) in [5.41, 5.74) is 7.13. The van der Waals surface area contributed by atoms with Crippen LogP contribution in [0, 0.1) is 6.92 Å². The molecule has 2 aliphatic rings. The zero-order valence-electron chi connectivity index (χ0n) is 11.5. The number of aryl methyl sites for hydroxylation is 1. The molecule has 1 heteroatoms. The number of nitrogens with zero attached hydrogens (tertiary/aromatic N) is 1. The lowest BCUT2D eigenvalue weighted by Gasteiger charge is -2.22. The van der Waals surface area contributed by atoms with E-state index in [0.717, 1.165) is 6.42 Å². The number of rotatable bonds is 1. The van der Waals surface area contributed by atoms with Gasteiger partial charge >= 0.3 is 0 Å². The highest BCUT2D eigenvalue weighted by atomic mass is 15.1. The van der Waals surface area contributed by atoms with Gasteiger partial charge in [0.2, 0.25) is 5.69 Å². The van der Waals surface area contributed by atoms with Crippen molar-refractivity contribution in [3.8, 4) is 11.3 Å². The first-order valence-corrected chi connectivity index (χ1v) is 7.01. The van der Waals surface area contributed by atoms with E-state index in [1.807, 2.05) is 0 Å². The topological polar surface area (TPSA) is 3.88 Å². The fraction of sp³-hybridized carbons (Fsp3) is 0.278. The van der Waals surface area contributed by atoms with E-state index in [0.29, 0.717) is 6.04 Å². The van der Waals surface area contributed by atoms with Crippen molar-refractivity contribution in [1.29, 1.82) is 0 Å². The maximum Gasteiger partial charge on any atom is 0.216 e. The van der Waals surface area contributed by atoms with E-state index >= 15 is 0 Å². The van der Waals surface area contributed by atoms with Crippen LogP contribution in [0.5, 0.6) is 0 Å². The zero-order chi connectivity index (χ0) is 13.2. The summed E-state index contributed by atoms with van der Waals surface area (Å²) in [6.07, 6.45) is 3.35. The molecule has 1 aliphatic heterocycles. The van der Waals surface area contributed by atoms with E-state index in [2.05, 4.69) is 67.6 Å². The Morgan fingerprint density at radius 3 is 2.79 bits per heavy atom. The van der Waals surface area contributed by atoms with Gasteiger partial charge in [-0.1, -0.05) is 31.7 Å². The number of allylic oxidation sites excluding steroid dienone is 1. The van der Waals surface area contributed by atoms with Crippen molar-refractivity contribution in [3.63, 3.8) is 0 Å². The van der Waals surface area contributed by atoms with Gasteiger partial charge in [0.1, 0.15) is 0 Å². The molecule has 0 N–H and O–H groups in total. The van der Waals surface area contributed by atoms with Gasteiger partial charge in [-0.25, -0.2) is 0 Å². The lowest BCUT2D eigenvalue weighted by Crippen LogP contribution is -2.42. The van der Waals surface area contributed by atoms with E-state index in [4.69, 9.17) is 0 Å². The lowest BCUT2D eigenvalue weighted by atomic mass is 9.83. The molecule has 0 amide bonds. The molecule has 1 fully saturated rings. The van der Waals surface area contributed by atoms with Crippen LogP contribution < -0.4 is 4.57 Å². The molecular weight excluding hydrogens is 230 g/mol. The van der Waals surface area contributed by atoms with Crippen LogP contribution in [0.3, 0.4) is 0 Å². The maximum absolute atomic E-state index is 4.36. The number of fused-ring (bicyclic) bond motifs is 6. The number of hydrogen-bond donors (Lipinski definition) is 0. The highest BCUT2D eigenvalue weighted by molar-refractivity contribution is 5.73. The average molecular weight is 248 g/mol. The summed E-state index contributed by atoms with van der Waals surface area (Å²) in [6.45, 7) is 8.84. The van der Waals surface area contributed by atoms with E-state index in [1.54, 1.807) is 0 Å². The third-order valence-electron chi connectivity index (χ3n) is 5.01. The molecule has 0 bridgehead atoms. The second-order valence-electron chi connectivity index (χ2n) is 5.75. The summed E-state index contributed by atoms with van der Waals surface area (Å²) < 4.78 is 2.43. The fourth-order valence-electron chi connectivity index (χ4n) is 4.04. The van der Waals surface area contributed by atoms with E-state index in [-0.39, 0.29) is 5.41 Å². The molecule has 0 spiro atoms. The lowest BCUT2D eigenvalue weighted by molar-refractivity contribution is -0.692. The third-order valence-corrected chi connectivity index (χ3v) is 5.01. The standard InChI is InChI=1S/C18H18N/c1-4-18-13(3)17(18)19-11-7-8-12(2)16(19)14-9-5-6-10-15(14)18/h5-11,17H,3-4H2,1-2H3/q+1. The van der Waals surface area contributed by atoms with Gasteiger partial charge < -0.3 is 0 Å². The van der Waals surface area contributed by atoms with Crippen molar-refractivity contribution >= 4 is 0 Å². The fourth-order valence-corrected chi connectivity index (χ4v) is 4.04. The van der Waals surface area contributed by atoms with Crippen LogP contribution in [0.4, 0.5) is 0 Å². The molecular formula is C18H18N+. The van der Waals surface area contributed by atoms with E-state index < -0.39 is 0 Å². The Morgan fingerprint density at radius 2 is 2.00 bits per heavy atom.